The maximum atomic E-state index is 13.5. The molecule has 2 aromatic heterocycles. The Hall–Kier alpha value is -5.03. The maximum absolute atomic E-state index is 13.5. The molecule has 9 nitrogen and oxygen atoms in total. The lowest BCUT2D eigenvalue weighted by molar-refractivity contribution is -0.0980. The van der Waals surface area contributed by atoms with Gasteiger partial charge in [0.05, 0.1) is 27.3 Å². The van der Waals surface area contributed by atoms with Crippen molar-refractivity contribution < 1.29 is 13.2 Å². The summed E-state index contributed by atoms with van der Waals surface area (Å²) >= 11 is 6.57. The molecule has 0 bridgehead atoms. The monoisotopic (exact) mass is 642 g/mol. The van der Waals surface area contributed by atoms with Gasteiger partial charge in [-0.1, -0.05) is 86.1 Å². The van der Waals surface area contributed by atoms with Crippen LogP contribution in [0.3, 0.4) is 0 Å². The van der Waals surface area contributed by atoms with Crippen molar-refractivity contribution in [1.82, 2.24) is 13.9 Å². The first-order valence-corrected chi connectivity index (χ1v) is 15.8. The number of halogens is 1. The molecule has 0 amide bonds. The molecule has 0 aliphatic rings. The summed E-state index contributed by atoms with van der Waals surface area (Å²) in [7, 11) is -2.35. The molecule has 2 heterocycles. The first-order valence-electron chi connectivity index (χ1n) is 13.9. The summed E-state index contributed by atoms with van der Waals surface area (Å²) in [4.78, 5) is 17.2. The summed E-state index contributed by atoms with van der Waals surface area (Å²) in [6.45, 7) is 6.00. The molecule has 0 saturated carbocycles. The first-order chi connectivity index (χ1) is 21.9. The molecular weight excluding hydrogens is 608 g/mol. The van der Waals surface area contributed by atoms with Crippen molar-refractivity contribution in [2.24, 2.45) is 5.73 Å². The SMILES string of the molecule is C=O.CC.CN.Nc1ccc(-c2cccc(Nc3ncc(Cl)c(-c4cn(S(=O)(=O)c5ccccc5)c5ccccc45)n3)c2)cc1. The van der Waals surface area contributed by atoms with E-state index in [0.717, 1.165) is 16.8 Å². The minimum Gasteiger partial charge on any atom is -0.399 e. The van der Waals surface area contributed by atoms with Crippen molar-refractivity contribution in [3.63, 3.8) is 0 Å². The molecule has 0 radical (unpaired) electrons. The second-order valence-electron chi connectivity index (χ2n) is 8.89. The fraction of sp³-hybridized carbons (Fsp3) is 0.0882. The van der Waals surface area contributed by atoms with Gasteiger partial charge >= 0.3 is 0 Å². The van der Waals surface area contributed by atoms with Crippen LogP contribution in [0.2, 0.25) is 5.02 Å². The van der Waals surface area contributed by atoms with Crippen molar-refractivity contribution >= 4 is 56.6 Å². The number of rotatable bonds is 6. The first kappa shape index (κ1) is 34.5. The highest BCUT2D eigenvalue weighted by atomic mass is 35.5. The molecule has 4 aromatic carbocycles. The standard InChI is InChI=1S/C30H22ClN5O2S.C2H6.CH5N.CH2O/c31-27-18-33-30(34-23-8-6-7-21(17-23)20-13-15-22(32)16-14-20)35-29(27)26-19-36(28-12-5-4-11-25(26)28)39(37,38)24-9-2-1-3-10-24;3*1-2/h1-19H,32H2,(H,33,34,35);1-2H3;2H2,1H3;1H2. The predicted molar refractivity (Wildman–Crippen MR) is 185 cm³/mol. The normalized spacial score (nSPS) is 10.3. The second-order valence-corrected chi connectivity index (χ2v) is 11.1. The Kier molecular flexibility index (Phi) is 12.4. The van der Waals surface area contributed by atoms with Crippen LogP contribution in [0.25, 0.3) is 33.3 Å². The fourth-order valence-corrected chi connectivity index (χ4v) is 6.02. The zero-order chi connectivity index (χ0) is 33.0. The van der Waals surface area contributed by atoms with Gasteiger partial charge in [0.2, 0.25) is 5.95 Å². The average molecular weight is 643 g/mol. The third kappa shape index (κ3) is 7.74. The van der Waals surface area contributed by atoms with Crippen LogP contribution in [0.4, 0.5) is 17.3 Å². The number of hydrogen-bond donors (Lipinski definition) is 3. The Morgan fingerprint density at radius 2 is 1.47 bits per heavy atom. The smallest absolute Gasteiger partial charge is 0.268 e. The fourth-order valence-electron chi connectivity index (χ4n) is 4.44. The summed E-state index contributed by atoms with van der Waals surface area (Å²) in [5.41, 5.74) is 15.4. The molecular formula is C34H35ClN6O3S. The van der Waals surface area contributed by atoms with Gasteiger partial charge in [0.1, 0.15) is 6.79 Å². The van der Waals surface area contributed by atoms with Crippen molar-refractivity contribution in [3.05, 3.63) is 121 Å². The summed E-state index contributed by atoms with van der Waals surface area (Å²) in [5.74, 6) is 0.326. The number of carbonyl (C=O) groups excluding carboxylic acids is 1. The number of nitrogens with two attached hydrogens (primary N) is 2. The number of nitrogens with one attached hydrogen (secondary N) is 1. The highest BCUT2D eigenvalue weighted by Gasteiger charge is 2.23. The summed E-state index contributed by atoms with van der Waals surface area (Å²) in [6.07, 6.45) is 3.07. The Morgan fingerprint density at radius 1 is 0.822 bits per heavy atom. The molecule has 0 spiro atoms. The highest BCUT2D eigenvalue weighted by molar-refractivity contribution is 7.90. The van der Waals surface area contributed by atoms with E-state index in [9.17, 15) is 8.42 Å². The molecule has 5 N–H and O–H groups in total. The molecule has 6 aromatic rings. The highest BCUT2D eigenvalue weighted by Crippen LogP contribution is 2.36. The summed E-state index contributed by atoms with van der Waals surface area (Å²) < 4.78 is 28.3. The Labute approximate surface area is 268 Å². The quantitative estimate of drug-likeness (QED) is 0.159. The summed E-state index contributed by atoms with van der Waals surface area (Å²) in [6, 6.07) is 31.1. The van der Waals surface area contributed by atoms with E-state index in [2.05, 4.69) is 16.0 Å². The largest absolute Gasteiger partial charge is 0.399 e. The lowest BCUT2D eigenvalue weighted by Crippen LogP contribution is -2.11. The van der Waals surface area contributed by atoms with Crippen molar-refractivity contribution in [2.45, 2.75) is 18.7 Å². The van der Waals surface area contributed by atoms with Crippen LogP contribution in [0, 0.1) is 0 Å². The van der Waals surface area contributed by atoms with Crippen molar-refractivity contribution in [3.8, 4) is 22.4 Å². The van der Waals surface area contributed by atoms with Crippen LogP contribution in [0.1, 0.15) is 13.8 Å². The number of nitrogen functional groups attached to an aromatic ring is 1. The van der Waals surface area contributed by atoms with E-state index in [1.54, 1.807) is 48.7 Å². The Morgan fingerprint density at radius 3 is 2.16 bits per heavy atom. The van der Waals surface area contributed by atoms with Crippen LogP contribution in [-0.2, 0) is 14.8 Å². The number of benzene rings is 4. The van der Waals surface area contributed by atoms with E-state index in [-0.39, 0.29) is 4.90 Å². The lowest BCUT2D eigenvalue weighted by Gasteiger charge is -2.10. The third-order valence-electron chi connectivity index (χ3n) is 6.34. The number of fused-ring (bicyclic) bond motifs is 1. The lowest BCUT2D eigenvalue weighted by atomic mass is 10.0. The molecule has 6 rings (SSSR count). The molecule has 0 fully saturated rings. The van der Waals surface area contributed by atoms with E-state index in [0.29, 0.717) is 38.8 Å². The van der Waals surface area contributed by atoms with Gasteiger partial charge in [-0.2, -0.15) is 0 Å². The van der Waals surface area contributed by atoms with E-state index in [4.69, 9.17) is 27.1 Å². The zero-order valence-electron chi connectivity index (χ0n) is 25.2. The predicted octanol–water partition coefficient (Wildman–Crippen LogP) is 7.40. The number of anilines is 3. The Bertz CT molecular complexity index is 1950. The van der Waals surface area contributed by atoms with Crippen molar-refractivity contribution in [1.29, 1.82) is 0 Å². The molecule has 0 saturated heterocycles. The molecule has 11 heteroatoms. The van der Waals surface area contributed by atoms with Gasteiger partial charge in [-0.25, -0.2) is 22.4 Å². The molecule has 232 valence electrons. The van der Waals surface area contributed by atoms with Crippen LogP contribution in [0.5, 0.6) is 0 Å². The van der Waals surface area contributed by atoms with Gasteiger partial charge in [0.15, 0.2) is 0 Å². The van der Waals surface area contributed by atoms with Gasteiger partial charge < -0.3 is 21.6 Å². The molecule has 0 unspecified atom stereocenters. The Balaban J connectivity index is 0.000000870. The number of para-hydroxylation sites is 1. The number of hydrogen-bond acceptors (Lipinski definition) is 8. The number of aromatic nitrogens is 3. The second kappa shape index (κ2) is 16.2. The third-order valence-corrected chi connectivity index (χ3v) is 8.30. The van der Waals surface area contributed by atoms with Crippen LogP contribution < -0.4 is 16.8 Å². The van der Waals surface area contributed by atoms with Gasteiger partial charge in [0, 0.05) is 28.5 Å². The van der Waals surface area contributed by atoms with Crippen LogP contribution in [0.15, 0.2) is 120 Å². The van der Waals surface area contributed by atoms with Gasteiger partial charge in [-0.05, 0) is 60.6 Å². The van der Waals surface area contributed by atoms with E-state index >= 15 is 0 Å². The number of nitrogens with zero attached hydrogens (tertiary/aromatic N) is 3. The minimum atomic E-state index is -3.85. The average Bonchev–Trinajstić information content (AvgIpc) is 3.50. The van der Waals surface area contributed by atoms with E-state index in [1.807, 2.05) is 81.3 Å². The topological polar surface area (TPSA) is 146 Å². The summed E-state index contributed by atoms with van der Waals surface area (Å²) in [5, 5.41) is 4.25. The maximum Gasteiger partial charge on any atom is 0.268 e. The van der Waals surface area contributed by atoms with Gasteiger partial charge in [-0.3, -0.25) is 0 Å². The number of carbonyl (C=O) groups is 1. The van der Waals surface area contributed by atoms with Crippen molar-refractivity contribution in [2.75, 3.05) is 18.1 Å². The van der Waals surface area contributed by atoms with Gasteiger partial charge in [0.25, 0.3) is 10.0 Å². The molecule has 0 atom stereocenters. The van der Waals surface area contributed by atoms with Crippen LogP contribution in [-0.4, -0.2) is 36.2 Å². The molecule has 45 heavy (non-hydrogen) atoms. The molecule has 0 aliphatic heterocycles. The van der Waals surface area contributed by atoms with Crippen LogP contribution >= 0.6 is 11.6 Å². The van der Waals surface area contributed by atoms with Gasteiger partial charge in [-0.15, -0.1) is 0 Å². The van der Waals surface area contributed by atoms with E-state index < -0.39 is 10.0 Å². The zero-order valence-corrected chi connectivity index (χ0v) is 26.8. The minimum absolute atomic E-state index is 0.189. The molecule has 0 aliphatic carbocycles. The van der Waals surface area contributed by atoms with E-state index in [1.165, 1.54) is 17.2 Å².